The molecule has 0 spiro atoms. The summed E-state index contributed by atoms with van der Waals surface area (Å²) in [6, 6.07) is 19.8. The van der Waals surface area contributed by atoms with Crippen molar-refractivity contribution in [2.45, 2.75) is 0 Å². The van der Waals surface area contributed by atoms with Gasteiger partial charge in [-0.05, 0) is 30.3 Å². The Hall–Kier alpha value is -3.54. The van der Waals surface area contributed by atoms with Crippen LogP contribution in [0.3, 0.4) is 0 Å². The van der Waals surface area contributed by atoms with Crippen LogP contribution in [0.15, 0.2) is 66.7 Å². The molecule has 4 aromatic rings. The lowest BCUT2D eigenvalue weighted by molar-refractivity contribution is 0.112. The minimum absolute atomic E-state index is 0.0138. The maximum Gasteiger partial charge on any atom is 0.247 e. The molecule has 25 heavy (non-hydrogen) atoms. The van der Waals surface area contributed by atoms with E-state index in [4.69, 9.17) is 0 Å². The second kappa shape index (κ2) is 6.16. The summed E-state index contributed by atoms with van der Waals surface area (Å²) in [4.78, 5) is 15.1. The number of benzene rings is 2. The zero-order chi connectivity index (χ0) is 17.2. The Kier molecular flexibility index (Phi) is 3.70. The maximum absolute atomic E-state index is 13.7. The van der Waals surface area contributed by atoms with Gasteiger partial charge in [-0.3, -0.25) is 4.79 Å². The van der Waals surface area contributed by atoms with Gasteiger partial charge in [-0.15, -0.1) is 5.10 Å². The maximum atomic E-state index is 13.7. The van der Waals surface area contributed by atoms with Crippen molar-refractivity contribution in [3.8, 4) is 11.3 Å². The Morgan fingerprint density at radius 1 is 1.00 bits per heavy atom. The lowest BCUT2D eigenvalue weighted by Gasteiger charge is -2.04. The molecule has 0 unspecified atom stereocenters. The van der Waals surface area contributed by atoms with Crippen LogP contribution in [0.5, 0.6) is 0 Å². The third-order valence-electron chi connectivity index (χ3n) is 3.81. The van der Waals surface area contributed by atoms with Gasteiger partial charge >= 0.3 is 0 Å². The molecule has 122 valence electrons. The molecule has 1 N–H and O–H groups in total. The van der Waals surface area contributed by atoms with Crippen LogP contribution in [0.1, 0.15) is 10.4 Å². The highest BCUT2D eigenvalue weighted by Crippen LogP contribution is 2.22. The largest absolute Gasteiger partial charge is 0.323 e. The van der Waals surface area contributed by atoms with Gasteiger partial charge in [0.15, 0.2) is 11.9 Å². The van der Waals surface area contributed by atoms with Gasteiger partial charge in [0.25, 0.3) is 0 Å². The molecule has 2 aromatic heterocycles. The minimum atomic E-state index is -0.589. The topological polar surface area (TPSA) is 59.3 Å². The number of halogens is 1. The molecule has 0 saturated carbocycles. The Balaban J connectivity index is 1.72. The number of fused-ring (bicyclic) bond motifs is 1. The number of carbonyl (C=O) groups excluding carboxylic acids is 1. The van der Waals surface area contributed by atoms with E-state index in [0.29, 0.717) is 23.6 Å². The Labute approximate surface area is 142 Å². The summed E-state index contributed by atoms with van der Waals surface area (Å²) >= 11 is 0. The lowest BCUT2D eigenvalue weighted by Crippen LogP contribution is -1.97. The first-order valence-corrected chi connectivity index (χ1v) is 7.67. The Morgan fingerprint density at radius 2 is 1.84 bits per heavy atom. The standard InChI is InChI=1S/C19H13FN4O/c20-16-11-15(10-9-14(16)12-25)21-19-22-18-8-4-7-17(24(18)23-19)13-5-2-1-3-6-13/h1-12H,(H,21,23). The van der Waals surface area contributed by atoms with Crippen molar-refractivity contribution in [3.05, 3.63) is 78.1 Å². The first kappa shape index (κ1) is 15.0. The predicted molar refractivity (Wildman–Crippen MR) is 93.5 cm³/mol. The first-order chi connectivity index (χ1) is 12.2. The van der Waals surface area contributed by atoms with E-state index < -0.39 is 5.82 Å². The second-order valence-corrected chi connectivity index (χ2v) is 5.46. The third-order valence-corrected chi connectivity index (χ3v) is 3.81. The highest BCUT2D eigenvalue weighted by Gasteiger charge is 2.10. The molecule has 5 nitrogen and oxygen atoms in total. The van der Waals surface area contributed by atoms with Crippen molar-refractivity contribution in [1.29, 1.82) is 0 Å². The van der Waals surface area contributed by atoms with E-state index in [2.05, 4.69) is 15.4 Å². The van der Waals surface area contributed by atoms with Gasteiger partial charge < -0.3 is 5.32 Å². The van der Waals surface area contributed by atoms with Crippen LogP contribution < -0.4 is 5.32 Å². The monoisotopic (exact) mass is 332 g/mol. The summed E-state index contributed by atoms with van der Waals surface area (Å²) in [5.74, 6) is -0.240. The van der Waals surface area contributed by atoms with E-state index >= 15 is 0 Å². The molecule has 0 aliphatic heterocycles. The molecule has 0 amide bonds. The van der Waals surface area contributed by atoms with Crippen molar-refractivity contribution in [2.75, 3.05) is 5.32 Å². The van der Waals surface area contributed by atoms with Crippen molar-refractivity contribution in [1.82, 2.24) is 14.6 Å². The molecule has 0 fully saturated rings. The smallest absolute Gasteiger partial charge is 0.247 e. The highest BCUT2D eigenvalue weighted by atomic mass is 19.1. The van der Waals surface area contributed by atoms with Crippen molar-refractivity contribution in [2.24, 2.45) is 0 Å². The molecule has 6 heteroatoms. The van der Waals surface area contributed by atoms with Crippen LogP contribution in [0.25, 0.3) is 16.9 Å². The lowest BCUT2D eigenvalue weighted by atomic mass is 10.1. The molecule has 0 bridgehead atoms. The Morgan fingerprint density at radius 3 is 2.60 bits per heavy atom. The normalized spacial score (nSPS) is 10.8. The zero-order valence-corrected chi connectivity index (χ0v) is 13.1. The number of aromatic nitrogens is 3. The van der Waals surface area contributed by atoms with Gasteiger partial charge in [0.2, 0.25) is 5.95 Å². The van der Waals surface area contributed by atoms with Gasteiger partial charge in [-0.1, -0.05) is 36.4 Å². The van der Waals surface area contributed by atoms with Crippen molar-refractivity contribution < 1.29 is 9.18 Å². The molecule has 0 radical (unpaired) electrons. The molecular weight excluding hydrogens is 319 g/mol. The summed E-state index contributed by atoms with van der Waals surface area (Å²) in [6.45, 7) is 0. The average molecular weight is 332 g/mol. The van der Waals surface area contributed by atoms with Crippen LogP contribution in [-0.2, 0) is 0 Å². The fourth-order valence-corrected chi connectivity index (χ4v) is 2.62. The molecule has 0 aliphatic rings. The van der Waals surface area contributed by atoms with E-state index in [1.165, 1.54) is 12.1 Å². The van der Waals surface area contributed by atoms with E-state index in [1.54, 1.807) is 10.6 Å². The molecule has 0 atom stereocenters. The molecular formula is C19H13FN4O. The van der Waals surface area contributed by atoms with Crippen molar-refractivity contribution >= 4 is 23.6 Å². The van der Waals surface area contributed by atoms with Crippen LogP contribution in [0.4, 0.5) is 16.0 Å². The summed E-state index contributed by atoms with van der Waals surface area (Å²) in [7, 11) is 0. The molecule has 2 heterocycles. The number of pyridine rings is 1. The molecule has 4 rings (SSSR count). The number of hydrogen-bond donors (Lipinski definition) is 1. The van der Waals surface area contributed by atoms with Crippen LogP contribution in [-0.4, -0.2) is 20.9 Å². The quantitative estimate of drug-likeness (QED) is 0.572. The number of aldehydes is 1. The number of nitrogens with zero attached hydrogens (tertiary/aromatic N) is 3. The molecule has 2 aromatic carbocycles. The van der Waals surface area contributed by atoms with Crippen LogP contribution in [0, 0.1) is 5.82 Å². The van der Waals surface area contributed by atoms with E-state index in [-0.39, 0.29) is 5.56 Å². The highest BCUT2D eigenvalue weighted by molar-refractivity contribution is 5.76. The summed E-state index contributed by atoms with van der Waals surface area (Å²) in [6.07, 6.45) is 0.481. The van der Waals surface area contributed by atoms with Gasteiger partial charge in [0, 0.05) is 11.3 Å². The van der Waals surface area contributed by atoms with Gasteiger partial charge in [0.1, 0.15) is 5.82 Å². The number of nitrogens with one attached hydrogen (secondary N) is 1. The summed E-state index contributed by atoms with van der Waals surface area (Å²) in [5, 5.41) is 7.42. The molecule has 0 saturated heterocycles. The van der Waals surface area contributed by atoms with E-state index in [0.717, 1.165) is 11.3 Å². The summed E-state index contributed by atoms with van der Waals surface area (Å²) in [5.41, 5.74) is 3.08. The van der Waals surface area contributed by atoms with E-state index in [1.807, 2.05) is 48.5 Å². The zero-order valence-electron chi connectivity index (χ0n) is 13.1. The SMILES string of the molecule is O=Cc1ccc(Nc2nc3cccc(-c4ccccc4)n3n2)cc1F. The van der Waals surface area contributed by atoms with Crippen LogP contribution in [0.2, 0.25) is 0 Å². The number of anilines is 2. The first-order valence-electron chi connectivity index (χ1n) is 7.67. The summed E-state index contributed by atoms with van der Waals surface area (Å²) < 4.78 is 15.5. The average Bonchev–Trinajstić information content (AvgIpc) is 3.05. The van der Waals surface area contributed by atoms with Crippen LogP contribution >= 0.6 is 0 Å². The van der Waals surface area contributed by atoms with Crippen molar-refractivity contribution in [3.63, 3.8) is 0 Å². The second-order valence-electron chi connectivity index (χ2n) is 5.46. The van der Waals surface area contributed by atoms with Gasteiger partial charge in [0.05, 0.1) is 11.3 Å². The van der Waals surface area contributed by atoms with Gasteiger partial charge in [-0.2, -0.15) is 4.98 Å². The minimum Gasteiger partial charge on any atom is -0.323 e. The number of carbonyl (C=O) groups is 1. The fourth-order valence-electron chi connectivity index (χ4n) is 2.62. The van der Waals surface area contributed by atoms with E-state index in [9.17, 15) is 9.18 Å². The third kappa shape index (κ3) is 2.85. The Bertz CT molecular complexity index is 1060. The van der Waals surface area contributed by atoms with Gasteiger partial charge in [-0.25, -0.2) is 8.91 Å². The fraction of sp³-hybridized carbons (Fsp3) is 0. The predicted octanol–water partition coefficient (Wildman–Crippen LogP) is 4.09. The molecule has 0 aliphatic carbocycles. The number of hydrogen-bond acceptors (Lipinski definition) is 4. The number of rotatable bonds is 4.